The molecule has 112 valence electrons. The Bertz CT molecular complexity index is 575. The van der Waals surface area contributed by atoms with E-state index in [1.807, 2.05) is 0 Å². The summed E-state index contributed by atoms with van der Waals surface area (Å²) in [7, 11) is 0. The number of para-hydroxylation sites is 1. The third-order valence-corrected chi connectivity index (χ3v) is 4.77. The van der Waals surface area contributed by atoms with Crippen molar-refractivity contribution in [2.75, 3.05) is 13.1 Å². The quantitative estimate of drug-likeness (QED) is 0.664. The van der Waals surface area contributed by atoms with Crippen molar-refractivity contribution < 1.29 is 9.72 Å². The highest BCUT2D eigenvalue weighted by molar-refractivity contribution is 5.98. The van der Waals surface area contributed by atoms with Crippen LogP contribution in [0.3, 0.4) is 0 Å². The van der Waals surface area contributed by atoms with E-state index in [-0.39, 0.29) is 23.2 Å². The smallest absolute Gasteiger partial charge is 0.282 e. The number of nitrogens with zero attached hydrogens (tertiary/aromatic N) is 2. The number of hydrogen-bond donors (Lipinski definition) is 1. The van der Waals surface area contributed by atoms with Gasteiger partial charge in [0.05, 0.1) is 4.92 Å². The van der Waals surface area contributed by atoms with Crippen LogP contribution in [0.5, 0.6) is 0 Å². The fourth-order valence-corrected chi connectivity index (χ4v) is 3.67. The van der Waals surface area contributed by atoms with E-state index in [1.54, 1.807) is 17.0 Å². The van der Waals surface area contributed by atoms with E-state index in [9.17, 15) is 14.9 Å². The largest absolute Gasteiger partial charge is 0.338 e. The van der Waals surface area contributed by atoms with Crippen molar-refractivity contribution in [3.63, 3.8) is 0 Å². The van der Waals surface area contributed by atoms with Crippen molar-refractivity contribution >= 4 is 11.6 Å². The lowest BCUT2D eigenvalue weighted by atomic mass is 9.78. The lowest BCUT2D eigenvalue weighted by Crippen LogP contribution is -2.38. The van der Waals surface area contributed by atoms with E-state index in [2.05, 4.69) is 0 Å². The number of fused-ring (bicyclic) bond motifs is 1. The molecular formula is C15H19N3O3. The Labute approximate surface area is 123 Å². The van der Waals surface area contributed by atoms with Crippen molar-refractivity contribution in [2.24, 2.45) is 17.6 Å². The number of nitrogens with two attached hydrogens (primary N) is 1. The van der Waals surface area contributed by atoms with Crippen LogP contribution in [-0.2, 0) is 0 Å². The Hall–Kier alpha value is -1.95. The average molecular weight is 289 g/mol. The maximum absolute atomic E-state index is 12.6. The minimum atomic E-state index is -0.498. The molecule has 2 fully saturated rings. The van der Waals surface area contributed by atoms with Gasteiger partial charge in [-0.25, -0.2) is 0 Å². The second-order valence-electron chi connectivity index (χ2n) is 6.00. The summed E-state index contributed by atoms with van der Waals surface area (Å²) >= 11 is 0. The van der Waals surface area contributed by atoms with Gasteiger partial charge in [-0.2, -0.15) is 0 Å². The molecule has 21 heavy (non-hydrogen) atoms. The van der Waals surface area contributed by atoms with Crippen LogP contribution >= 0.6 is 0 Å². The van der Waals surface area contributed by atoms with Crippen LogP contribution in [0.15, 0.2) is 24.3 Å². The Balaban J connectivity index is 1.82. The molecule has 2 N–H and O–H groups in total. The van der Waals surface area contributed by atoms with Crippen molar-refractivity contribution in [2.45, 2.75) is 25.3 Å². The number of nitro benzene ring substituents is 1. The molecule has 3 atom stereocenters. The second kappa shape index (κ2) is 5.44. The number of likely N-dealkylation sites (tertiary alicyclic amines) is 1. The number of hydrogen-bond acceptors (Lipinski definition) is 4. The van der Waals surface area contributed by atoms with Gasteiger partial charge in [0.2, 0.25) is 0 Å². The Kier molecular flexibility index (Phi) is 3.63. The van der Waals surface area contributed by atoms with Gasteiger partial charge >= 0.3 is 0 Å². The second-order valence-corrected chi connectivity index (χ2v) is 6.00. The molecule has 1 amide bonds. The van der Waals surface area contributed by atoms with E-state index < -0.39 is 4.92 Å². The molecule has 1 saturated heterocycles. The summed E-state index contributed by atoms with van der Waals surface area (Å²) in [5.41, 5.74) is 6.21. The van der Waals surface area contributed by atoms with Gasteiger partial charge in [-0.1, -0.05) is 18.6 Å². The summed E-state index contributed by atoms with van der Waals surface area (Å²) in [6, 6.07) is 6.29. The van der Waals surface area contributed by atoms with E-state index >= 15 is 0 Å². The first-order valence-corrected chi connectivity index (χ1v) is 7.36. The summed E-state index contributed by atoms with van der Waals surface area (Å²) in [5.74, 6) is 0.537. The first-order chi connectivity index (χ1) is 10.1. The summed E-state index contributed by atoms with van der Waals surface area (Å²) in [6.07, 6.45) is 3.21. The molecule has 3 unspecified atom stereocenters. The van der Waals surface area contributed by atoms with Crippen LogP contribution in [0.25, 0.3) is 0 Å². The first kappa shape index (κ1) is 14.0. The maximum Gasteiger partial charge on any atom is 0.282 e. The molecule has 6 nitrogen and oxygen atoms in total. The Morgan fingerprint density at radius 3 is 2.76 bits per heavy atom. The van der Waals surface area contributed by atoms with Gasteiger partial charge in [0.25, 0.3) is 11.6 Å². The van der Waals surface area contributed by atoms with Gasteiger partial charge in [-0.15, -0.1) is 0 Å². The minimum Gasteiger partial charge on any atom is -0.338 e. The van der Waals surface area contributed by atoms with Crippen LogP contribution in [0, 0.1) is 22.0 Å². The molecule has 0 spiro atoms. The van der Waals surface area contributed by atoms with Crippen molar-refractivity contribution in [1.29, 1.82) is 0 Å². The number of benzene rings is 1. The van der Waals surface area contributed by atoms with Crippen LogP contribution in [0.1, 0.15) is 29.6 Å². The highest BCUT2D eigenvalue weighted by Crippen LogP contribution is 2.36. The lowest BCUT2D eigenvalue weighted by Gasteiger charge is -2.29. The topological polar surface area (TPSA) is 89.5 Å². The van der Waals surface area contributed by atoms with Gasteiger partial charge in [0, 0.05) is 25.2 Å². The summed E-state index contributed by atoms with van der Waals surface area (Å²) in [6.45, 7) is 1.29. The number of nitro groups is 1. The molecule has 1 aliphatic carbocycles. The third kappa shape index (κ3) is 2.51. The van der Waals surface area contributed by atoms with Crippen LogP contribution in [0.2, 0.25) is 0 Å². The van der Waals surface area contributed by atoms with Crippen LogP contribution < -0.4 is 5.73 Å². The molecule has 1 saturated carbocycles. The number of carbonyl (C=O) groups is 1. The zero-order valence-corrected chi connectivity index (χ0v) is 11.8. The minimum absolute atomic E-state index is 0.123. The fraction of sp³-hybridized carbons (Fsp3) is 0.533. The van der Waals surface area contributed by atoms with E-state index in [1.165, 1.54) is 12.1 Å². The molecule has 1 aromatic carbocycles. The molecule has 3 rings (SSSR count). The molecule has 0 radical (unpaired) electrons. The van der Waals surface area contributed by atoms with Crippen molar-refractivity contribution in [3.8, 4) is 0 Å². The van der Waals surface area contributed by atoms with Crippen LogP contribution in [0.4, 0.5) is 5.69 Å². The molecule has 2 aliphatic rings. The molecule has 0 aromatic heterocycles. The molecule has 1 aliphatic heterocycles. The molecular weight excluding hydrogens is 270 g/mol. The third-order valence-electron chi connectivity index (χ3n) is 4.77. The number of amides is 1. The highest BCUT2D eigenvalue weighted by atomic mass is 16.6. The Morgan fingerprint density at radius 2 is 2.05 bits per heavy atom. The number of carbonyl (C=O) groups excluding carboxylic acids is 1. The molecule has 1 aromatic rings. The zero-order chi connectivity index (χ0) is 15.0. The van der Waals surface area contributed by atoms with Crippen molar-refractivity contribution in [3.05, 3.63) is 39.9 Å². The summed E-state index contributed by atoms with van der Waals surface area (Å²) < 4.78 is 0. The maximum atomic E-state index is 12.6. The summed E-state index contributed by atoms with van der Waals surface area (Å²) in [4.78, 5) is 24.9. The fourth-order valence-electron chi connectivity index (χ4n) is 3.67. The van der Waals surface area contributed by atoms with E-state index in [4.69, 9.17) is 5.73 Å². The lowest BCUT2D eigenvalue weighted by molar-refractivity contribution is -0.385. The Morgan fingerprint density at radius 1 is 1.29 bits per heavy atom. The molecule has 0 bridgehead atoms. The molecule has 1 heterocycles. The SMILES string of the molecule is NC1CCCC2CN(C(=O)c3ccccc3[N+](=O)[O-])CC12. The van der Waals surface area contributed by atoms with Crippen LogP contribution in [-0.4, -0.2) is 34.9 Å². The predicted molar refractivity (Wildman–Crippen MR) is 77.8 cm³/mol. The highest BCUT2D eigenvalue weighted by Gasteiger charge is 2.41. The monoisotopic (exact) mass is 289 g/mol. The molecule has 6 heteroatoms. The average Bonchev–Trinajstić information content (AvgIpc) is 2.92. The first-order valence-electron chi connectivity index (χ1n) is 7.36. The van der Waals surface area contributed by atoms with E-state index in [0.717, 1.165) is 19.3 Å². The summed E-state index contributed by atoms with van der Waals surface area (Å²) in [5, 5.41) is 11.1. The predicted octanol–water partition coefficient (Wildman–Crippen LogP) is 1.79. The normalized spacial score (nSPS) is 28.2. The van der Waals surface area contributed by atoms with Gasteiger partial charge in [-0.05, 0) is 30.7 Å². The number of rotatable bonds is 2. The zero-order valence-electron chi connectivity index (χ0n) is 11.8. The van der Waals surface area contributed by atoms with Gasteiger partial charge in [0.15, 0.2) is 0 Å². The van der Waals surface area contributed by atoms with Gasteiger partial charge in [0.1, 0.15) is 5.56 Å². The van der Waals surface area contributed by atoms with Gasteiger partial charge in [-0.3, -0.25) is 14.9 Å². The van der Waals surface area contributed by atoms with E-state index in [0.29, 0.717) is 24.9 Å². The van der Waals surface area contributed by atoms with Gasteiger partial charge < -0.3 is 10.6 Å². The van der Waals surface area contributed by atoms with Crippen molar-refractivity contribution in [1.82, 2.24) is 4.90 Å². The standard InChI is InChI=1S/C15H19N3O3/c16-13-6-3-4-10-8-17(9-12(10)13)15(19)11-5-1-2-7-14(11)18(20)21/h1-2,5,7,10,12-13H,3-4,6,8-9,16H2.